The quantitative estimate of drug-likeness (QED) is 0.921. The Morgan fingerprint density at radius 3 is 3.00 bits per heavy atom. The largest absolute Gasteiger partial charge is 0.491 e. The molecule has 1 aliphatic rings. The minimum atomic E-state index is -0.232. The lowest BCUT2D eigenvalue weighted by Gasteiger charge is -2.12. The van der Waals surface area contributed by atoms with Crippen LogP contribution in [0.3, 0.4) is 0 Å². The predicted molar refractivity (Wildman–Crippen MR) is 87.8 cm³/mol. The summed E-state index contributed by atoms with van der Waals surface area (Å²) in [6, 6.07) is 12.7. The number of aromatic nitrogens is 1. The Morgan fingerprint density at radius 1 is 1.35 bits per heavy atom. The highest BCUT2D eigenvalue weighted by Gasteiger charge is 2.16. The van der Waals surface area contributed by atoms with Crippen LogP contribution >= 0.6 is 0 Å². The van der Waals surface area contributed by atoms with Crippen molar-refractivity contribution in [3.05, 3.63) is 53.9 Å². The van der Waals surface area contributed by atoms with Gasteiger partial charge in [0.05, 0.1) is 6.10 Å². The highest BCUT2D eigenvalue weighted by Crippen LogP contribution is 2.20. The van der Waals surface area contributed by atoms with Gasteiger partial charge in [0.2, 0.25) is 0 Å². The minimum Gasteiger partial charge on any atom is -0.491 e. The van der Waals surface area contributed by atoms with E-state index in [1.54, 1.807) is 6.07 Å². The molecule has 1 fully saturated rings. The normalized spacial score (nSPS) is 17.0. The highest BCUT2D eigenvalue weighted by atomic mass is 16.5. The van der Waals surface area contributed by atoms with Gasteiger partial charge in [-0.3, -0.25) is 4.79 Å². The van der Waals surface area contributed by atoms with Crippen LogP contribution in [-0.2, 0) is 4.74 Å². The number of carbonyl (C=O) groups excluding carboxylic acids is 1. The third kappa shape index (κ3) is 4.29. The Morgan fingerprint density at radius 2 is 2.22 bits per heavy atom. The zero-order valence-electron chi connectivity index (χ0n) is 13.1. The molecule has 0 saturated carbocycles. The first-order chi connectivity index (χ1) is 11.2. The number of pyridine rings is 1. The van der Waals surface area contributed by atoms with E-state index in [2.05, 4.69) is 10.3 Å². The van der Waals surface area contributed by atoms with Crippen LogP contribution in [0.4, 0.5) is 5.69 Å². The van der Waals surface area contributed by atoms with Crippen molar-refractivity contribution in [1.29, 1.82) is 0 Å². The zero-order chi connectivity index (χ0) is 16.1. The van der Waals surface area contributed by atoms with Gasteiger partial charge >= 0.3 is 0 Å². The van der Waals surface area contributed by atoms with Crippen molar-refractivity contribution in [1.82, 2.24) is 4.98 Å². The van der Waals surface area contributed by atoms with Crippen LogP contribution in [0, 0.1) is 6.92 Å². The highest BCUT2D eigenvalue weighted by molar-refractivity contribution is 6.02. The summed E-state index contributed by atoms with van der Waals surface area (Å²) in [5.74, 6) is 0.487. The molecule has 1 aliphatic heterocycles. The van der Waals surface area contributed by atoms with Gasteiger partial charge in [0.1, 0.15) is 18.1 Å². The van der Waals surface area contributed by atoms with E-state index in [0.717, 1.165) is 30.9 Å². The van der Waals surface area contributed by atoms with Crippen molar-refractivity contribution in [2.75, 3.05) is 18.5 Å². The van der Waals surface area contributed by atoms with Gasteiger partial charge in [0.25, 0.3) is 5.91 Å². The number of hydrogen-bond donors (Lipinski definition) is 1. The summed E-state index contributed by atoms with van der Waals surface area (Å²) in [6.45, 7) is 3.21. The van der Waals surface area contributed by atoms with Crippen molar-refractivity contribution in [3.8, 4) is 5.75 Å². The fraction of sp³-hybridized carbons (Fsp3) is 0.333. The van der Waals surface area contributed by atoms with Crippen molar-refractivity contribution in [3.63, 3.8) is 0 Å². The van der Waals surface area contributed by atoms with Gasteiger partial charge < -0.3 is 14.8 Å². The van der Waals surface area contributed by atoms with E-state index < -0.39 is 0 Å². The summed E-state index contributed by atoms with van der Waals surface area (Å²) in [5.41, 5.74) is 1.89. The van der Waals surface area contributed by atoms with Crippen LogP contribution < -0.4 is 10.1 Å². The van der Waals surface area contributed by atoms with Gasteiger partial charge in [0, 0.05) is 24.1 Å². The van der Waals surface area contributed by atoms with Crippen LogP contribution in [-0.4, -0.2) is 30.2 Å². The smallest absolute Gasteiger partial charge is 0.274 e. The van der Waals surface area contributed by atoms with E-state index in [4.69, 9.17) is 9.47 Å². The Labute approximate surface area is 135 Å². The molecule has 1 saturated heterocycles. The standard InChI is InChI=1S/C18H20N2O3/c1-13-5-2-9-17(19-13)18(21)20-14-6-3-7-15(11-14)23-12-16-8-4-10-22-16/h2-3,5-7,9,11,16H,4,8,10,12H2,1H3,(H,20,21)/t16-/m0/s1. The lowest BCUT2D eigenvalue weighted by molar-refractivity contribution is 0.0680. The fourth-order valence-electron chi connectivity index (χ4n) is 2.49. The summed E-state index contributed by atoms with van der Waals surface area (Å²) >= 11 is 0. The summed E-state index contributed by atoms with van der Waals surface area (Å²) in [6.07, 6.45) is 2.30. The second-order valence-electron chi connectivity index (χ2n) is 5.59. The molecule has 0 aliphatic carbocycles. The molecule has 0 spiro atoms. The number of nitrogens with one attached hydrogen (secondary N) is 1. The van der Waals surface area contributed by atoms with Crippen LogP contribution in [0.15, 0.2) is 42.5 Å². The summed E-state index contributed by atoms with van der Waals surface area (Å²) in [4.78, 5) is 16.4. The summed E-state index contributed by atoms with van der Waals surface area (Å²) in [5, 5.41) is 2.84. The number of nitrogens with zero attached hydrogens (tertiary/aromatic N) is 1. The molecular formula is C18H20N2O3. The molecule has 0 radical (unpaired) electrons. The van der Waals surface area contributed by atoms with E-state index in [9.17, 15) is 4.79 Å². The Bertz CT molecular complexity index is 681. The number of aryl methyl sites for hydroxylation is 1. The maximum atomic E-state index is 12.2. The van der Waals surface area contributed by atoms with Gasteiger partial charge in [0.15, 0.2) is 0 Å². The number of rotatable bonds is 5. The maximum Gasteiger partial charge on any atom is 0.274 e. The van der Waals surface area contributed by atoms with E-state index in [0.29, 0.717) is 18.0 Å². The molecule has 1 aromatic heterocycles. The second-order valence-corrected chi connectivity index (χ2v) is 5.59. The van der Waals surface area contributed by atoms with E-state index in [-0.39, 0.29) is 12.0 Å². The van der Waals surface area contributed by atoms with Crippen LogP contribution in [0.5, 0.6) is 5.75 Å². The van der Waals surface area contributed by atoms with Crippen molar-refractivity contribution < 1.29 is 14.3 Å². The number of anilines is 1. The molecule has 5 heteroatoms. The first-order valence-electron chi connectivity index (χ1n) is 7.80. The second kappa shape index (κ2) is 7.24. The van der Waals surface area contributed by atoms with E-state index in [1.807, 2.05) is 43.3 Å². The van der Waals surface area contributed by atoms with Crippen molar-refractivity contribution in [2.24, 2.45) is 0 Å². The molecule has 1 atom stereocenters. The zero-order valence-corrected chi connectivity index (χ0v) is 13.1. The Balaban J connectivity index is 1.61. The predicted octanol–water partition coefficient (Wildman–Crippen LogP) is 3.20. The summed E-state index contributed by atoms with van der Waals surface area (Å²) < 4.78 is 11.3. The number of benzene rings is 1. The third-order valence-electron chi connectivity index (χ3n) is 3.67. The van der Waals surface area contributed by atoms with Crippen molar-refractivity contribution in [2.45, 2.75) is 25.9 Å². The average Bonchev–Trinajstić information content (AvgIpc) is 3.07. The summed E-state index contributed by atoms with van der Waals surface area (Å²) in [7, 11) is 0. The minimum absolute atomic E-state index is 0.171. The van der Waals surface area contributed by atoms with Crippen LogP contribution in [0.25, 0.3) is 0 Å². The molecular weight excluding hydrogens is 292 g/mol. The Kier molecular flexibility index (Phi) is 4.88. The molecule has 23 heavy (non-hydrogen) atoms. The molecule has 120 valence electrons. The molecule has 0 bridgehead atoms. The number of amides is 1. The molecule has 5 nitrogen and oxygen atoms in total. The Hall–Kier alpha value is -2.40. The van der Waals surface area contributed by atoms with Gasteiger partial charge in [-0.15, -0.1) is 0 Å². The molecule has 1 aromatic carbocycles. The van der Waals surface area contributed by atoms with E-state index in [1.165, 1.54) is 0 Å². The SMILES string of the molecule is Cc1cccc(C(=O)Nc2cccc(OC[C@@H]3CCCO3)c2)n1. The van der Waals surface area contributed by atoms with Gasteiger partial charge in [-0.1, -0.05) is 12.1 Å². The van der Waals surface area contributed by atoms with Crippen molar-refractivity contribution >= 4 is 11.6 Å². The lowest BCUT2D eigenvalue weighted by Crippen LogP contribution is -2.16. The monoisotopic (exact) mass is 312 g/mol. The molecule has 1 N–H and O–H groups in total. The molecule has 2 heterocycles. The van der Waals surface area contributed by atoms with Crippen LogP contribution in [0.2, 0.25) is 0 Å². The molecule has 1 amide bonds. The first kappa shape index (κ1) is 15.5. The maximum absolute atomic E-state index is 12.2. The molecule has 0 unspecified atom stereocenters. The number of ether oxygens (including phenoxy) is 2. The van der Waals surface area contributed by atoms with Gasteiger partial charge in [-0.05, 0) is 44.0 Å². The average molecular weight is 312 g/mol. The molecule has 2 aromatic rings. The first-order valence-corrected chi connectivity index (χ1v) is 7.80. The van der Waals surface area contributed by atoms with Crippen LogP contribution in [0.1, 0.15) is 29.0 Å². The fourth-order valence-corrected chi connectivity index (χ4v) is 2.49. The topological polar surface area (TPSA) is 60.5 Å². The number of carbonyl (C=O) groups is 1. The third-order valence-corrected chi connectivity index (χ3v) is 3.67. The number of hydrogen-bond acceptors (Lipinski definition) is 4. The molecule has 3 rings (SSSR count). The van der Waals surface area contributed by atoms with Gasteiger partial charge in [-0.25, -0.2) is 4.98 Å². The lowest BCUT2D eigenvalue weighted by atomic mass is 10.2. The van der Waals surface area contributed by atoms with Gasteiger partial charge in [-0.2, -0.15) is 0 Å². The van der Waals surface area contributed by atoms with E-state index >= 15 is 0 Å².